The number of hydrogen-bond donors (Lipinski definition) is 3. The Morgan fingerprint density at radius 1 is 1.13 bits per heavy atom. The molecule has 2 heterocycles. The van der Waals surface area contributed by atoms with Crippen molar-refractivity contribution in [2.45, 2.75) is 12.4 Å². The van der Waals surface area contributed by atoms with E-state index in [1.165, 1.54) is 12.3 Å². The number of alkyl halides is 3. The van der Waals surface area contributed by atoms with Crippen LogP contribution in [0.2, 0.25) is 0 Å². The molecule has 0 spiro atoms. The minimum atomic E-state index is -5.12. The van der Waals surface area contributed by atoms with Gasteiger partial charge in [0.2, 0.25) is 5.88 Å². The highest BCUT2D eigenvalue weighted by Crippen LogP contribution is 2.30. The number of carbonyl (C=O) groups excluding carboxylic acids is 1. The van der Waals surface area contributed by atoms with E-state index in [-0.39, 0.29) is 22.5 Å². The molecular formula is C19H13F5N4O3. The lowest BCUT2D eigenvalue weighted by atomic mass is 10.0. The number of nitrogens with zero attached hydrogens (tertiary/aromatic N) is 2. The van der Waals surface area contributed by atoms with Gasteiger partial charge >= 0.3 is 6.36 Å². The van der Waals surface area contributed by atoms with Crippen molar-refractivity contribution in [3.05, 3.63) is 77.2 Å². The summed E-state index contributed by atoms with van der Waals surface area (Å²) in [7, 11) is 0. The largest absolute Gasteiger partial charge is 0.573 e. The van der Waals surface area contributed by atoms with Crippen LogP contribution in [0.5, 0.6) is 11.6 Å². The molecule has 1 aromatic carbocycles. The maximum absolute atomic E-state index is 14.4. The molecule has 1 atom stereocenters. The first-order chi connectivity index (χ1) is 14.5. The van der Waals surface area contributed by atoms with E-state index >= 15 is 0 Å². The Bertz CT molecular complexity index is 1120. The molecular weight excluding hydrogens is 427 g/mol. The molecule has 0 aliphatic heterocycles. The third kappa shape index (κ3) is 5.15. The number of nitrogens with two attached hydrogens (primary N) is 1. The Kier molecular flexibility index (Phi) is 5.90. The van der Waals surface area contributed by atoms with Gasteiger partial charge in [-0.2, -0.15) is 0 Å². The molecule has 162 valence electrons. The fourth-order valence-electron chi connectivity index (χ4n) is 2.64. The van der Waals surface area contributed by atoms with Crippen LogP contribution in [0, 0.1) is 11.6 Å². The molecule has 0 aliphatic carbocycles. The van der Waals surface area contributed by atoms with Crippen molar-refractivity contribution < 1.29 is 36.6 Å². The lowest BCUT2D eigenvalue weighted by Gasteiger charge is -2.20. The molecule has 3 aromatic rings. The molecule has 31 heavy (non-hydrogen) atoms. The number of carbonyl (C=O) groups is 1. The molecule has 0 saturated carbocycles. The van der Waals surface area contributed by atoms with Gasteiger partial charge in [-0.25, -0.2) is 13.8 Å². The van der Waals surface area contributed by atoms with Crippen LogP contribution in [0.1, 0.15) is 27.7 Å². The number of anilines is 1. The summed E-state index contributed by atoms with van der Waals surface area (Å²) >= 11 is 0. The summed E-state index contributed by atoms with van der Waals surface area (Å²) in [4.78, 5) is 20.0. The average Bonchev–Trinajstić information content (AvgIpc) is 2.69. The minimum Gasteiger partial charge on any atom is -0.492 e. The standard InChI is InChI=1S/C19H13F5N4O3/c20-11-2-1-5-26-16(11)15(28-17(29)10-7-13(25)18(30)27-8-10)9-3-4-14(12(21)6-9)31-19(22,23)24/h1-8,15H,25H2,(H,27,30)(H,28,29)/t15-/m0/s1. The molecule has 1 amide bonds. The second-order valence-corrected chi connectivity index (χ2v) is 6.15. The average molecular weight is 440 g/mol. The maximum atomic E-state index is 14.4. The van der Waals surface area contributed by atoms with Gasteiger partial charge in [-0.3, -0.25) is 9.78 Å². The van der Waals surface area contributed by atoms with Crippen molar-refractivity contribution in [3.63, 3.8) is 0 Å². The van der Waals surface area contributed by atoms with Crippen molar-refractivity contribution >= 4 is 11.6 Å². The predicted molar refractivity (Wildman–Crippen MR) is 96.9 cm³/mol. The topological polar surface area (TPSA) is 110 Å². The van der Waals surface area contributed by atoms with Crippen molar-refractivity contribution in [2.75, 3.05) is 5.73 Å². The molecule has 0 fully saturated rings. The van der Waals surface area contributed by atoms with Gasteiger partial charge in [0, 0.05) is 12.4 Å². The van der Waals surface area contributed by atoms with Gasteiger partial charge in [-0.05, 0) is 35.9 Å². The summed E-state index contributed by atoms with van der Waals surface area (Å²) in [5, 5.41) is 11.8. The first kappa shape index (κ1) is 21.7. The molecule has 7 nitrogen and oxygen atoms in total. The normalized spacial score (nSPS) is 12.3. The van der Waals surface area contributed by atoms with Crippen LogP contribution in [-0.4, -0.2) is 27.3 Å². The highest BCUT2D eigenvalue weighted by atomic mass is 19.4. The van der Waals surface area contributed by atoms with Gasteiger partial charge in [-0.1, -0.05) is 6.07 Å². The van der Waals surface area contributed by atoms with E-state index in [0.717, 1.165) is 24.4 Å². The van der Waals surface area contributed by atoms with Gasteiger partial charge in [0.1, 0.15) is 11.5 Å². The number of aromatic hydroxyl groups is 1. The molecule has 0 radical (unpaired) electrons. The number of aromatic nitrogens is 2. The zero-order chi connectivity index (χ0) is 22.8. The fourth-order valence-corrected chi connectivity index (χ4v) is 2.64. The Morgan fingerprint density at radius 3 is 2.48 bits per heavy atom. The number of rotatable bonds is 5. The van der Waals surface area contributed by atoms with E-state index in [2.05, 4.69) is 20.0 Å². The highest BCUT2D eigenvalue weighted by Gasteiger charge is 2.33. The molecule has 3 rings (SSSR count). The minimum absolute atomic E-state index is 0.113. The van der Waals surface area contributed by atoms with Crippen LogP contribution < -0.4 is 15.8 Å². The SMILES string of the molecule is Nc1cc(C(=O)N[C@@H](c2ccc(OC(F)(F)F)c(F)c2)c2ncccc2F)cnc1O. The van der Waals surface area contributed by atoms with Crippen LogP contribution in [0.15, 0.2) is 48.8 Å². The lowest BCUT2D eigenvalue weighted by Crippen LogP contribution is -2.31. The van der Waals surface area contributed by atoms with Gasteiger partial charge in [-0.15, -0.1) is 13.2 Å². The van der Waals surface area contributed by atoms with Crippen LogP contribution in [0.3, 0.4) is 0 Å². The molecule has 0 bridgehead atoms. The lowest BCUT2D eigenvalue weighted by molar-refractivity contribution is -0.275. The van der Waals surface area contributed by atoms with Crippen molar-refractivity contribution in [2.24, 2.45) is 0 Å². The number of nitrogen functional groups attached to an aromatic ring is 1. The van der Waals surface area contributed by atoms with Gasteiger partial charge in [0.15, 0.2) is 11.6 Å². The Labute approximate surface area is 171 Å². The summed E-state index contributed by atoms with van der Waals surface area (Å²) < 4.78 is 69.3. The van der Waals surface area contributed by atoms with E-state index in [1.54, 1.807) is 0 Å². The van der Waals surface area contributed by atoms with E-state index < -0.39 is 41.6 Å². The first-order valence-electron chi connectivity index (χ1n) is 8.46. The third-order valence-corrected chi connectivity index (χ3v) is 4.01. The molecule has 2 aromatic heterocycles. The van der Waals surface area contributed by atoms with E-state index in [4.69, 9.17) is 5.73 Å². The summed E-state index contributed by atoms with van der Waals surface area (Å²) in [6.07, 6.45) is -2.91. The highest BCUT2D eigenvalue weighted by molar-refractivity contribution is 5.95. The Hall–Kier alpha value is -3.96. The van der Waals surface area contributed by atoms with Crippen molar-refractivity contribution in [3.8, 4) is 11.6 Å². The van der Waals surface area contributed by atoms with E-state index in [1.807, 2.05) is 0 Å². The second-order valence-electron chi connectivity index (χ2n) is 6.15. The van der Waals surface area contributed by atoms with Crippen molar-refractivity contribution in [1.82, 2.24) is 15.3 Å². The van der Waals surface area contributed by atoms with Crippen LogP contribution in [0.25, 0.3) is 0 Å². The molecule has 4 N–H and O–H groups in total. The molecule has 0 unspecified atom stereocenters. The first-order valence-corrected chi connectivity index (χ1v) is 8.46. The summed E-state index contributed by atoms with van der Waals surface area (Å²) in [6, 6.07) is 4.40. The van der Waals surface area contributed by atoms with Gasteiger partial charge in [0.05, 0.1) is 17.3 Å². The number of benzene rings is 1. The number of pyridine rings is 2. The van der Waals surface area contributed by atoms with Crippen molar-refractivity contribution in [1.29, 1.82) is 0 Å². The smallest absolute Gasteiger partial charge is 0.492 e. The quantitative estimate of drug-likeness (QED) is 0.524. The van der Waals surface area contributed by atoms with Crippen LogP contribution in [0.4, 0.5) is 27.6 Å². The predicted octanol–water partition coefficient (Wildman–Crippen LogP) is 3.46. The Balaban J connectivity index is 1.99. The van der Waals surface area contributed by atoms with Gasteiger partial charge in [0.25, 0.3) is 5.91 Å². The number of nitrogens with one attached hydrogen (secondary N) is 1. The molecule has 12 heteroatoms. The zero-order valence-corrected chi connectivity index (χ0v) is 15.3. The van der Waals surface area contributed by atoms with E-state index in [9.17, 15) is 31.9 Å². The number of amides is 1. The summed E-state index contributed by atoms with van der Waals surface area (Å²) in [5.74, 6) is -4.69. The number of ether oxygens (including phenoxy) is 1. The number of hydrogen-bond acceptors (Lipinski definition) is 6. The maximum Gasteiger partial charge on any atom is 0.573 e. The van der Waals surface area contributed by atoms with Crippen LogP contribution in [-0.2, 0) is 0 Å². The zero-order valence-electron chi connectivity index (χ0n) is 15.3. The van der Waals surface area contributed by atoms with Crippen LogP contribution >= 0.6 is 0 Å². The number of halogens is 5. The Morgan fingerprint density at radius 2 is 1.87 bits per heavy atom. The second kappa shape index (κ2) is 8.42. The monoisotopic (exact) mass is 440 g/mol. The summed E-state index contributed by atoms with van der Waals surface area (Å²) in [5.41, 5.74) is 4.75. The van der Waals surface area contributed by atoms with Gasteiger partial charge < -0.3 is 20.9 Å². The van der Waals surface area contributed by atoms with E-state index in [0.29, 0.717) is 12.1 Å². The third-order valence-electron chi connectivity index (χ3n) is 4.01. The fraction of sp³-hybridized carbons (Fsp3) is 0.105. The summed E-state index contributed by atoms with van der Waals surface area (Å²) in [6.45, 7) is 0. The molecule has 0 saturated heterocycles. The molecule has 0 aliphatic rings.